The summed E-state index contributed by atoms with van der Waals surface area (Å²) in [6.07, 6.45) is 2.21. The Morgan fingerprint density at radius 1 is 1.11 bits per heavy atom. The van der Waals surface area contributed by atoms with E-state index in [2.05, 4.69) is 30.4 Å². The monoisotopic (exact) mass is 371 g/mol. The van der Waals surface area contributed by atoms with E-state index in [-0.39, 0.29) is 0 Å². The van der Waals surface area contributed by atoms with Crippen molar-refractivity contribution < 1.29 is 19.0 Å². The first-order chi connectivity index (χ1) is 13.0. The number of hydrazone groups is 1. The largest absolute Gasteiger partial charge is 0.493 e. The average molecular weight is 371 g/mol. The van der Waals surface area contributed by atoms with E-state index in [4.69, 9.17) is 19.9 Å². The van der Waals surface area contributed by atoms with Crippen LogP contribution in [0, 0.1) is 13.8 Å². The highest BCUT2D eigenvalue weighted by Gasteiger charge is 2.06. The van der Waals surface area contributed by atoms with Crippen LogP contribution in [0.15, 0.2) is 41.5 Å². The van der Waals surface area contributed by atoms with Crippen LogP contribution in [0.5, 0.6) is 17.2 Å². The lowest BCUT2D eigenvalue weighted by molar-refractivity contribution is 0.239. The van der Waals surface area contributed by atoms with Crippen molar-refractivity contribution in [3.05, 3.63) is 53.1 Å². The first-order valence-electron chi connectivity index (χ1n) is 8.59. The Balaban J connectivity index is 1.83. The van der Waals surface area contributed by atoms with Gasteiger partial charge in [-0.25, -0.2) is 10.2 Å². The Kier molecular flexibility index (Phi) is 7.49. The third-order valence-corrected chi connectivity index (χ3v) is 3.93. The second-order valence-corrected chi connectivity index (χ2v) is 5.89. The minimum atomic E-state index is -0.721. The summed E-state index contributed by atoms with van der Waals surface area (Å²) in [7, 11) is 1.56. The van der Waals surface area contributed by atoms with E-state index in [1.165, 1.54) is 11.8 Å². The van der Waals surface area contributed by atoms with Gasteiger partial charge in [0.15, 0.2) is 11.5 Å². The smallest absolute Gasteiger partial charge is 0.332 e. The minimum absolute atomic E-state index is 0.498. The number of aryl methyl sites for hydroxylation is 1. The van der Waals surface area contributed by atoms with Crippen LogP contribution in [0.3, 0.4) is 0 Å². The molecule has 144 valence electrons. The van der Waals surface area contributed by atoms with Crippen LogP contribution in [0.1, 0.15) is 23.1 Å². The van der Waals surface area contributed by atoms with Crippen molar-refractivity contribution in [3.63, 3.8) is 0 Å². The van der Waals surface area contributed by atoms with Crippen molar-refractivity contribution in [2.75, 3.05) is 20.3 Å². The zero-order chi connectivity index (χ0) is 19.6. The van der Waals surface area contributed by atoms with Gasteiger partial charge >= 0.3 is 6.03 Å². The molecular formula is C20H25N3O4. The summed E-state index contributed by atoms with van der Waals surface area (Å²) < 4.78 is 16.9. The van der Waals surface area contributed by atoms with Gasteiger partial charge in [-0.05, 0) is 54.8 Å². The molecule has 0 unspecified atom stereocenters. The highest BCUT2D eigenvalue weighted by Crippen LogP contribution is 2.27. The summed E-state index contributed by atoms with van der Waals surface area (Å²) in [5, 5.41) is 3.71. The van der Waals surface area contributed by atoms with Gasteiger partial charge in [0.25, 0.3) is 0 Å². The number of urea groups is 1. The van der Waals surface area contributed by atoms with Crippen molar-refractivity contribution in [3.8, 4) is 17.2 Å². The second-order valence-electron chi connectivity index (χ2n) is 5.89. The Morgan fingerprint density at radius 3 is 2.56 bits per heavy atom. The third-order valence-electron chi connectivity index (χ3n) is 3.93. The van der Waals surface area contributed by atoms with Crippen molar-refractivity contribution in [1.82, 2.24) is 5.43 Å². The van der Waals surface area contributed by atoms with Gasteiger partial charge in [-0.3, -0.25) is 0 Å². The molecule has 0 aliphatic carbocycles. The van der Waals surface area contributed by atoms with Crippen LogP contribution < -0.4 is 25.4 Å². The van der Waals surface area contributed by atoms with E-state index in [0.29, 0.717) is 24.7 Å². The molecule has 0 saturated carbocycles. The van der Waals surface area contributed by atoms with Crippen molar-refractivity contribution >= 4 is 12.2 Å². The number of nitrogens with one attached hydrogen (secondary N) is 1. The maximum absolute atomic E-state index is 10.6. The molecule has 0 bridgehead atoms. The third kappa shape index (κ3) is 6.22. The number of primary amides is 1. The lowest BCUT2D eigenvalue weighted by atomic mass is 10.1. The number of nitrogens with two attached hydrogens (primary N) is 1. The van der Waals surface area contributed by atoms with Crippen molar-refractivity contribution in [2.45, 2.75) is 20.3 Å². The minimum Gasteiger partial charge on any atom is -0.493 e. The normalized spacial score (nSPS) is 10.6. The number of methoxy groups -OCH3 is 1. The lowest BCUT2D eigenvalue weighted by Gasteiger charge is -2.13. The maximum atomic E-state index is 10.6. The summed E-state index contributed by atoms with van der Waals surface area (Å²) in [6, 6.07) is 10.7. The van der Waals surface area contributed by atoms with Gasteiger partial charge in [0.2, 0.25) is 0 Å². The highest BCUT2D eigenvalue weighted by molar-refractivity contribution is 5.82. The molecule has 2 amide bonds. The zero-order valence-electron chi connectivity index (χ0n) is 15.8. The first kappa shape index (κ1) is 20.1. The van der Waals surface area contributed by atoms with Gasteiger partial charge in [-0.2, -0.15) is 5.10 Å². The zero-order valence-corrected chi connectivity index (χ0v) is 15.8. The molecule has 7 heteroatoms. The fourth-order valence-electron chi connectivity index (χ4n) is 2.36. The van der Waals surface area contributed by atoms with Gasteiger partial charge in [0.05, 0.1) is 26.5 Å². The second kappa shape index (κ2) is 10.1. The Morgan fingerprint density at radius 2 is 1.85 bits per heavy atom. The molecule has 27 heavy (non-hydrogen) atoms. The number of amides is 2. The Bertz CT molecular complexity index is 806. The summed E-state index contributed by atoms with van der Waals surface area (Å²) in [6.45, 7) is 5.18. The Labute approximate surface area is 159 Å². The molecule has 0 radical (unpaired) electrons. The maximum Gasteiger partial charge on any atom is 0.332 e. The van der Waals surface area contributed by atoms with E-state index in [0.717, 1.165) is 23.3 Å². The van der Waals surface area contributed by atoms with E-state index in [9.17, 15) is 4.79 Å². The molecule has 7 nitrogen and oxygen atoms in total. The molecule has 0 atom stereocenters. The van der Waals surface area contributed by atoms with Crippen LogP contribution >= 0.6 is 0 Å². The summed E-state index contributed by atoms with van der Waals surface area (Å²) in [4.78, 5) is 10.6. The molecule has 0 spiro atoms. The van der Waals surface area contributed by atoms with Gasteiger partial charge in [0.1, 0.15) is 5.75 Å². The molecule has 0 saturated heterocycles. The molecule has 0 fully saturated rings. The fraction of sp³-hybridized carbons (Fsp3) is 0.300. The van der Waals surface area contributed by atoms with E-state index < -0.39 is 6.03 Å². The van der Waals surface area contributed by atoms with Crippen molar-refractivity contribution in [1.29, 1.82) is 0 Å². The predicted octanol–water partition coefficient (Wildman–Crippen LogP) is 3.16. The standard InChI is InChI=1S/C20H25N3O4/c1-14-6-4-7-17(15(14)2)26-10-5-11-27-18-9-8-16(12-19(18)25-3)13-22-23-20(21)24/h4,6-9,12-13H,5,10-11H2,1-3H3,(H3,21,23,24)/b22-13-. The van der Waals surface area contributed by atoms with Crippen LogP contribution in [0.25, 0.3) is 0 Å². The number of hydrogen-bond donors (Lipinski definition) is 2. The molecule has 0 aromatic heterocycles. The van der Waals surface area contributed by atoms with Gasteiger partial charge in [-0.15, -0.1) is 0 Å². The summed E-state index contributed by atoms with van der Waals surface area (Å²) in [5.74, 6) is 2.11. The molecule has 2 aromatic carbocycles. The average Bonchev–Trinajstić information content (AvgIpc) is 2.65. The van der Waals surface area contributed by atoms with E-state index in [1.807, 2.05) is 12.1 Å². The van der Waals surface area contributed by atoms with Crippen LogP contribution in [-0.2, 0) is 0 Å². The highest BCUT2D eigenvalue weighted by atomic mass is 16.5. The lowest BCUT2D eigenvalue weighted by Crippen LogP contribution is -2.24. The number of hydrogen-bond acceptors (Lipinski definition) is 5. The number of carbonyl (C=O) groups is 1. The van der Waals surface area contributed by atoms with Crippen LogP contribution in [0.4, 0.5) is 4.79 Å². The number of carbonyl (C=O) groups excluding carboxylic acids is 1. The molecule has 3 N–H and O–H groups in total. The molecule has 0 aliphatic rings. The van der Waals surface area contributed by atoms with Crippen molar-refractivity contribution in [2.24, 2.45) is 10.8 Å². The van der Waals surface area contributed by atoms with E-state index in [1.54, 1.807) is 25.3 Å². The molecule has 2 aromatic rings. The van der Waals surface area contributed by atoms with Crippen LogP contribution in [0.2, 0.25) is 0 Å². The number of nitrogens with zero attached hydrogens (tertiary/aromatic N) is 1. The predicted molar refractivity (Wildman–Crippen MR) is 105 cm³/mol. The van der Waals surface area contributed by atoms with Gasteiger partial charge in [0, 0.05) is 6.42 Å². The summed E-state index contributed by atoms with van der Waals surface area (Å²) in [5.41, 5.74) is 10.2. The fourth-order valence-corrected chi connectivity index (χ4v) is 2.36. The quantitative estimate of drug-likeness (QED) is 0.402. The van der Waals surface area contributed by atoms with Crippen LogP contribution in [-0.4, -0.2) is 32.6 Å². The first-order valence-corrected chi connectivity index (χ1v) is 8.59. The number of rotatable bonds is 9. The van der Waals surface area contributed by atoms with E-state index >= 15 is 0 Å². The molecule has 2 rings (SSSR count). The number of benzene rings is 2. The molecular weight excluding hydrogens is 346 g/mol. The molecule has 0 heterocycles. The van der Waals surface area contributed by atoms with Gasteiger partial charge in [-0.1, -0.05) is 12.1 Å². The topological polar surface area (TPSA) is 95.2 Å². The van der Waals surface area contributed by atoms with Gasteiger partial charge < -0.3 is 19.9 Å². The summed E-state index contributed by atoms with van der Waals surface area (Å²) >= 11 is 0. The SMILES string of the molecule is COc1cc(/C=N\NC(N)=O)ccc1OCCCOc1cccc(C)c1C. The molecule has 0 aliphatic heterocycles. The Hall–Kier alpha value is -3.22. The number of ether oxygens (including phenoxy) is 3.